The molecule has 1 aliphatic heterocycles. The summed E-state index contributed by atoms with van der Waals surface area (Å²) in [4.78, 5) is 0. The molecule has 1 aliphatic carbocycles. The second-order valence-electron chi connectivity index (χ2n) is 10.3. The lowest BCUT2D eigenvalue weighted by molar-refractivity contribution is -0.914. The Balaban J connectivity index is 1.43. The van der Waals surface area contributed by atoms with E-state index in [2.05, 4.69) is 19.6 Å². The van der Waals surface area contributed by atoms with Gasteiger partial charge in [-0.15, -0.1) is 0 Å². The van der Waals surface area contributed by atoms with Gasteiger partial charge in [-0.3, -0.25) is 0 Å². The zero-order valence-corrected chi connectivity index (χ0v) is 19.4. The second-order valence-corrected chi connectivity index (χ2v) is 10.3. The molecule has 1 nitrogen and oxygen atoms in total. The fraction of sp³-hybridized carbons (Fsp3) is 0.926. The number of quaternary nitrogens is 1. The predicted molar refractivity (Wildman–Crippen MR) is 126 cm³/mol. The molecule has 1 heteroatoms. The van der Waals surface area contributed by atoms with E-state index in [1.165, 1.54) is 146 Å². The molecule has 0 radical (unpaired) electrons. The van der Waals surface area contributed by atoms with E-state index in [-0.39, 0.29) is 0 Å². The van der Waals surface area contributed by atoms with Crippen LogP contribution < -0.4 is 0 Å². The van der Waals surface area contributed by atoms with Gasteiger partial charge < -0.3 is 4.48 Å². The van der Waals surface area contributed by atoms with Crippen LogP contribution in [-0.4, -0.2) is 30.7 Å². The molecule has 0 amide bonds. The largest absolute Gasteiger partial charge is 0.320 e. The summed E-state index contributed by atoms with van der Waals surface area (Å²) < 4.78 is 1.39. The highest BCUT2D eigenvalue weighted by Crippen LogP contribution is 2.40. The summed E-state index contributed by atoms with van der Waals surface area (Å²) in [5, 5.41) is 0. The van der Waals surface area contributed by atoms with Gasteiger partial charge in [-0.2, -0.15) is 0 Å². The molecule has 2 aliphatic rings. The Bertz CT molecular complexity index is 374. The standard InChI is InChI=1S/C27H52N/c1-3-5-6-7-8-9-10-11-12-13-14-15-16-19-23-28(22-4-2)24-26-20-17-18-21-27(26)25-28/h4,26-27H,2-3,5-25H2,1H3/q+1/t26-,27+,28?. The Kier molecular flexibility index (Phi) is 12.5. The quantitative estimate of drug-likeness (QED) is 0.133. The third-order valence-electron chi connectivity index (χ3n) is 7.81. The van der Waals surface area contributed by atoms with Crippen LogP contribution in [0.15, 0.2) is 12.7 Å². The summed E-state index contributed by atoms with van der Waals surface area (Å²) in [6.07, 6.45) is 28.7. The Hall–Kier alpha value is -0.300. The van der Waals surface area contributed by atoms with Crippen molar-refractivity contribution in [3.63, 3.8) is 0 Å². The molecule has 1 heterocycles. The molecule has 3 atom stereocenters. The van der Waals surface area contributed by atoms with Crippen molar-refractivity contribution in [2.45, 2.75) is 122 Å². The SMILES string of the molecule is C=CC[N+]1(CCCCCCCCCCCCCCCC)C[C@H]2CCCC[C@H]2C1. The summed E-state index contributed by atoms with van der Waals surface area (Å²) in [5.41, 5.74) is 0. The summed E-state index contributed by atoms with van der Waals surface area (Å²) in [6, 6.07) is 0. The fourth-order valence-corrected chi connectivity index (χ4v) is 6.17. The Morgan fingerprint density at radius 2 is 1.11 bits per heavy atom. The number of rotatable bonds is 17. The van der Waals surface area contributed by atoms with E-state index in [4.69, 9.17) is 0 Å². The Morgan fingerprint density at radius 1 is 0.679 bits per heavy atom. The maximum absolute atomic E-state index is 4.09. The molecular formula is C27H52N+. The lowest BCUT2D eigenvalue weighted by Gasteiger charge is -2.34. The van der Waals surface area contributed by atoms with Crippen molar-refractivity contribution in [2.75, 3.05) is 26.2 Å². The van der Waals surface area contributed by atoms with Gasteiger partial charge in [-0.25, -0.2) is 0 Å². The number of unbranched alkanes of at least 4 members (excludes halogenated alkanes) is 13. The highest BCUT2D eigenvalue weighted by molar-refractivity contribution is 4.82. The summed E-state index contributed by atoms with van der Waals surface area (Å²) in [6.45, 7) is 12.0. The molecule has 0 aromatic heterocycles. The fourth-order valence-electron chi connectivity index (χ4n) is 6.17. The van der Waals surface area contributed by atoms with Gasteiger partial charge in [-0.05, 0) is 31.8 Å². The van der Waals surface area contributed by atoms with Crippen molar-refractivity contribution >= 4 is 0 Å². The van der Waals surface area contributed by atoms with Gasteiger partial charge in [0.25, 0.3) is 0 Å². The molecule has 2 rings (SSSR count). The third kappa shape index (κ3) is 9.02. The van der Waals surface area contributed by atoms with Gasteiger partial charge in [0.1, 0.15) is 0 Å². The number of likely N-dealkylation sites (tertiary alicyclic amines) is 1. The van der Waals surface area contributed by atoms with Crippen molar-refractivity contribution < 1.29 is 4.48 Å². The minimum atomic E-state index is 1.04. The first-order valence-electron chi connectivity index (χ1n) is 13.3. The highest BCUT2D eigenvalue weighted by Gasteiger charge is 2.44. The van der Waals surface area contributed by atoms with Crippen LogP contribution in [-0.2, 0) is 0 Å². The molecule has 0 aromatic rings. The average molecular weight is 391 g/mol. The summed E-state index contributed by atoms with van der Waals surface area (Å²) >= 11 is 0. The van der Waals surface area contributed by atoms with E-state index < -0.39 is 0 Å². The van der Waals surface area contributed by atoms with E-state index in [0.717, 1.165) is 11.8 Å². The molecule has 164 valence electrons. The first kappa shape index (κ1) is 24.0. The van der Waals surface area contributed by atoms with E-state index >= 15 is 0 Å². The number of hydrogen-bond donors (Lipinski definition) is 0. The first-order valence-corrected chi connectivity index (χ1v) is 13.3. The lowest BCUT2D eigenvalue weighted by Crippen LogP contribution is -2.47. The molecular weight excluding hydrogens is 338 g/mol. The van der Waals surface area contributed by atoms with E-state index in [9.17, 15) is 0 Å². The molecule has 0 aromatic carbocycles. The molecule has 1 unspecified atom stereocenters. The van der Waals surface area contributed by atoms with Crippen molar-refractivity contribution in [3.8, 4) is 0 Å². The first-order chi connectivity index (χ1) is 13.8. The molecule has 1 saturated carbocycles. The maximum Gasteiger partial charge on any atom is 0.0971 e. The van der Waals surface area contributed by atoms with Gasteiger partial charge in [0.2, 0.25) is 0 Å². The van der Waals surface area contributed by atoms with E-state index in [0.29, 0.717) is 0 Å². The van der Waals surface area contributed by atoms with Crippen LogP contribution >= 0.6 is 0 Å². The van der Waals surface area contributed by atoms with Crippen LogP contribution in [0.25, 0.3) is 0 Å². The van der Waals surface area contributed by atoms with Crippen molar-refractivity contribution in [3.05, 3.63) is 12.7 Å². The number of nitrogens with zero attached hydrogens (tertiary/aromatic N) is 1. The Morgan fingerprint density at radius 3 is 1.54 bits per heavy atom. The molecule has 2 fully saturated rings. The van der Waals surface area contributed by atoms with Crippen molar-refractivity contribution in [2.24, 2.45) is 11.8 Å². The van der Waals surface area contributed by atoms with Crippen LogP contribution in [0.2, 0.25) is 0 Å². The van der Waals surface area contributed by atoms with Gasteiger partial charge in [0.05, 0.1) is 26.2 Å². The topological polar surface area (TPSA) is 0 Å². The number of hydrogen-bond acceptors (Lipinski definition) is 0. The molecule has 0 N–H and O–H groups in total. The van der Waals surface area contributed by atoms with Gasteiger partial charge in [0, 0.05) is 11.8 Å². The molecule has 28 heavy (non-hydrogen) atoms. The van der Waals surface area contributed by atoms with E-state index in [1.807, 2.05) is 0 Å². The van der Waals surface area contributed by atoms with Gasteiger partial charge in [-0.1, -0.05) is 103 Å². The third-order valence-corrected chi connectivity index (χ3v) is 7.81. The minimum Gasteiger partial charge on any atom is -0.320 e. The normalized spacial score (nSPS) is 27.0. The average Bonchev–Trinajstić information content (AvgIpc) is 3.07. The monoisotopic (exact) mass is 390 g/mol. The highest BCUT2D eigenvalue weighted by atomic mass is 15.4. The van der Waals surface area contributed by atoms with Crippen LogP contribution in [0.1, 0.15) is 122 Å². The zero-order valence-electron chi connectivity index (χ0n) is 19.4. The molecule has 0 spiro atoms. The van der Waals surface area contributed by atoms with Crippen LogP contribution in [0, 0.1) is 11.8 Å². The predicted octanol–water partition coefficient (Wildman–Crippen LogP) is 8.29. The van der Waals surface area contributed by atoms with E-state index in [1.54, 1.807) is 0 Å². The van der Waals surface area contributed by atoms with Gasteiger partial charge >= 0.3 is 0 Å². The maximum atomic E-state index is 4.09. The second kappa shape index (κ2) is 14.6. The van der Waals surface area contributed by atoms with Crippen molar-refractivity contribution in [1.82, 2.24) is 0 Å². The summed E-state index contributed by atoms with van der Waals surface area (Å²) in [7, 11) is 0. The summed E-state index contributed by atoms with van der Waals surface area (Å²) in [5.74, 6) is 2.08. The minimum absolute atomic E-state index is 1.04. The van der Waals surface area contributed by atoms with Crippen LogP contribution in [0.5, 0.6) is 0 Å². The zero-order chi connectivity index (χ0) is 19.9. The molecule has 0 bridgehead atoms. The smallest absolute Gasteiger partial charge is 0.0971 e. The molecule has 1 saturated heterocycles. The van der Waals surface area contributed by atoms with Crippen molar-refractivity contribution in [1.29, 1.82) is 0 Å². The van der Waals surface area contributed by atoms with Crippen LogP contribution in [0.4, 0.5) is 0 Å². The van der Waals surface area contributed by atoms with Crippen LogP contribution in [0.3, 0.4) is 0 Å². The van der Waals surface area contributed by atoms with Gasteiger partial charge in [0.15, 0.2) is 0 Å². The Labute approximate surface area is 177 Å². The lowest BCUT2D eigenvalue weighted by atomic mass is 9.82. The number of fused-ring (bicyclic) bond motifs is 1.